The molecule has 1 aliphatic rings. The van der Waals surface area contributed by atoms with E-state index in [0.29, 0.717) is 26.3 Å². The second-order valence-electron chi connectivity index (χ2n) is 5.94. The molecule has 0 aliphatic carbocycles. The highest BCUT2D eigenvalue weighted by atomic mass is 32.1. The van der Waals surface area contributed by atoms with Gasteiger partial charge in [-0.25, -0.2) is 4.98 Å². The van der Waals surface area contributed by atoms with Gasteiger partial charge in [-0.2, -0.15) is 0 Å². The molecular formula is C18H19N3O2S. The van der Waals surface area contributed by atoms with Crippen molar-refractivity contribution >= 4 is 27.3 Å². The molecule has 0 spiro atoms. The molecule has 0 saturated heterocycles. The first-order chi connectivity index (χ1) is 11.8. The minimum Gasteiger partial charge on any atom is -0.380 e. The van der Waals surface area contributed by atoms with Gasteiger partial charge < -0.3 is 14.2 Å². The number of ether oxygens (including phenoxy) is 1. The number of carbonyl (C=O) groups is 1. The number of benzene rings is 1. The first-order valence-electron chi connectivity index (χ1n) is 8.12. The maximum atomic E-state index is 13.0. The van der Waals surface area contributed by atoms with Gasteiger partial charge in [-0.3, -0.25) is 4.79 Å². The Kier molecular flexibility index (Phi) is 4.08. The molecule has 2 aromatic heterocycles. The Morgan fingerprint density at radius 1 is 1.42 bits per heavy atom. The van der Waals surface area contributed by atoms with Crippen molar-refractivity contribution < 1.29 is 9.53 Å². The van der Waals surface area contributed by atoms with E-state index in [1.807, 2.05) is 48.6 Å². The van der Waals surface area contributed by atoms with E-state index < -0.39 is 0 Å². The molecule has 0 bridgehead atoms. The largest absolute Gasteiger partial charge is 0.380 e. The normalized spacial score (nSPS) is 17.2. The van der Waals surface area contributed by atoms with Crippen molar-refractivity contribution in [1.82, 2.24) is 14.5 Å². The Hall–Kier alpha value is -2.18. The summed E-state index contributed by atoms with van der Waals surface area (Å²) >= 11 is 1.56. The van der Waals surface area contributed by atoms with Crippen molar-refractivity contribution in [3.63, 3.8) is 0 Å². The van der Waals surface area contributed by atoms with Crippen LogP contribution in [0.3, 0.4) is 0 Å². The van der Waals surface area contributed by atoms with Gasteiger partial charge in [0, 0.05) is 24.0 Å². The summed E-state index contributed by atoms with van der Waals surface area (Å²) in [7, 11) is 0. The molecule has 0 fully saturated rings. The van der Waals surface area contributed by atoms with Gasteiger partial charge in [0.2, 0.25) is 0 Å². The second-order valence-corrected chi connectivity index (χ2v) is 7.02. The average Bonchev–Trinajstić information content (AvgIpc) is 3.25. The minimum atomic E-state index is 0.0881. The molecule has 0 unspecified atom stereocenters. The SMILES string of the molecule is CCOC[C@@H]1CN(C(=O)c2cc3ccccc3s2)Cc2cncn21. The molecule has 4 rings (SSSR count). The lowest BCUT2D eigenvalue weighted by atomic mass is 10.2. The van der Waals surface area contributed by atoms with E-state index in [4.69, 9.17) is 4.74 Å². The molecule has 0 N–H and O–H groups in total. The summed E-state index contributed by atoms with van der Waals surface area (Å²) in [5.41, 5.74) is 1.06. The fraction of sp³-hybridized carbons (Fsp3) is 0.333. The highest BCUT2D eigenvalue weighted by Gasteiger charge is 2.29. The van der Waals surface area contributed by atoms with Crippen LogP contribution in [-0.4, -0.2) is 40.1 Å². The van der Waals surface area contributed by atoms with Gasteiger partial charge in [0.25, 0.3) is 5.91 Å². The topological polar surface area (TPSA) is 47.4 Å². The first-order valence-corrected chi connectivity index (χ1v) is 8.94. The zero-order valence-corrected chi connectivity index (χ0v) is 14.3. The van der Waals surface area contributed by atoms with Crippen LogP contribution in [0.1, 0.15) is 28.3 Å². The van der Waals surface area contributed by atoms with E-state index >= 15 is 0 Å². The van der Waals surface area contributed by atoms with Gasteiger partial charge in [-0.05, 0) is 24.4 Å². The second kappa shape index (κ2) is 6.37. The number of carbonyl (C=O) groups excluding carboxylic acids is 1. The molecule has 1 amide bonds. The summed E-state index contributed by atoms with van der Waals surface area (Å²) in [6.07, 6.45) is 3.67. The zero-order valence-electron chi connectivity index (χ0n) is 13.5. The lowest BCUT2D eigenvalue weighted by Gasteiger charge is -2.34. The Morgan fingerprint density at radius 2 is 2.29 bits per heavy atom. The molecule has 5 nitrogen and oxygen atoms in total. The highest BCUT2D eigenvalue weighted by Crippen LogP contribution is 2.29. The zero-order chi connectivity index (χ0) is 16.5. The molecular weight excluding hydrogens is 322 g/mol. The third-order valence-electron chi connectivity index (χ3n) is 4.36. The summed E-state index contributed by atoms with van der Waals surface area (Å²) in [5.74, 6) is 0.0881. The van der Waals surface area contributed by atoms with Crippen molar-refractivity contribution in [3.8, 4) is 0 Å². The molecule has 1 aromatic carbocycles. The van der Waals surface area contributed by atoms with E-state index in [2.05, 4.69) is 15.6 Å². The fourth-order valence-electron chi connectivity index (χ4n) is 3.17. The fourth-order valence-corrected chi connectivity index (χ4v) is 4.20. The smallest absolute Gasteiger partial charge is 0.264 e. The van der Waals surface area contributed by atoms with Crippen molar-refractivity contribution in [2.75, 3.05) is 19.8 Å². The van der Waals surface area contributed by atoms with E-state index in [-0.39, 0.29) is 11.9 Å². The number of imidazole rings is 1. The Labute approximate surface area is 144 Å². The van der Waals surface area contributed by atoms with Crippen LogP contribution in [0.2, 0.25) is 0 Å². The van der Waals surface area contributed by atoms with Crippen LogP contribution < -0.4 is 0 Å². The van der Waals surface area contributed by atoms with Crippen molar-refractivity contribution in [1.29, 1.82) is 0 Å². The van der Waals surface area contributed by atoms with Crippen LogP contribution in [0.25, 0.3) is 10.1 Å². The van der Waals surface area contributed by atoms with Crippen LogP contribution >= 0.6 is 11.3 Å². The number of aromatic nitrogens is 2. The quantitative estimate of drug-likeness (QED) is 0.731. The van der Waals surface area contributed by atoms with Crippen LogP contribution in [0.4, 0.5) is 0 Å². The average molecular weight is 341 g/mol. The predicted molar refractivity (Wildman–Crippen MR) is 94.3 cm³/mol. The third kappa shape index (κ3) is 2.72. The first kappa shape index (κ1) is 15.4. The Balaban J connectivity index is 1.60. The van der Waals surface area contributed by atoms with E-state index in [9.17, 15) is 4.79 Å². The standard InChI is InChI=1S/C18H19N3O2S/c1-2-23-11-15-10-20(9-14-8-19-12-21(14)15)18(22)17-7-13-5-3-4-6-16(13)24-17/h3-8,12,15H,2,9-11H2,1H3/t15-/m0/s1. The summed E-state index contributed by atoms with van der Waals surface area (Å²) in [5, 5.41) is 1.12. The van der Waals surface area contributed by atoms with Gasteiger partial charge in [0.1, 0.15) is 0 Å². The minimum absolute atomic E-state index is 0.0881. The number of amides is 1. The highest BCUT2D eigenvalue weighted by molar-refractivity contribution is 7.20. The molecule has 1 aliphatic heterocycles. The van der Waals surface area contributed by atoms with Crippen molar-refractivity contribution in [2.24, 2.45) is 0 Å². The van der Waals surface area contributed by atoms with Gasteiger partial charge in [0.05, 0.1) is 36.1 Å². The number of hydrogen-bond acceptors (Lipinski definition) is 4. The lowest BCUT2D eigenvalue weighted by Crippen LogP contribution is -2.42. The van der Waals surface area contributed by atoms with E-state index in [1.54, 1.807) is 11.3 Å². The summed E-state index contributed by atoms with van der Waals surface area (Å²) < 4.78 is 8.87. The predicted octanol–water partition coefficient (Wildman–Crippen LogP) is 3.33. The molecule has 124 valence electrons. The maximum Gasteiger partial charge on any atom is 0.264 e. The number of nitrogens with zero attached hydrogens (tertiary/aromatic N) is 3. The molecule has 0 saturated carbocycles. The maximum absolute atomic E-state index is 13.0. The molecule has 0 radical (unpaired) electrons. The van der Waals surface area contributed by atoms with E-state index in [1.165, 1.54) is 0 Å². The van der Waals surface area contributed by atoms with Crippen LogP contribution in [0.5, 0.6) is 0 Å². The van der Waals surface area contributed by atoms with Crippen LogP contribution in [0.15, 0.2) is 42.9 Å². The van der Waals surface area contributed by atoms with Gasteiger partial charge >= 0.3 is 0 Å². The van der Waals surface area contributed by atoms with Crippen molar-refractivity contribution in [2.45, 2.75) is 19.5 Å². The van der Waals surface area contributed by atoms with Gasteiger partial charge in [0.15, 0.2) is 0 Å². The van der Waals surface area contributed by atoms with Crippen molar-refractivity contribution in [3.05, 3.63) is 53.4 Å². The van der Waals surface area contributed by atoms with E-state index in [0.717, 1.165) is 20.7 Å². The molecule has 1 atom stereocenters. The summed E-state index contributed by atoms with van der Waals surface area (Å²) in [4.78, 5) is 19.9. The monoisotopic (exact) mass is 341 g/mol. The Morgan fingerprint density at radius 3 is 3.12 bits per heavy atom. The number of rotatable bonds is 4. The van der Waals surface area contributed by atoms with Gasteiger partial charge in [-0.15, -0.1) is 11.3 Å². The molecule has 24 heavy (non-hydrogen) atoms. The molecule has 6 heteroatoms. The third-order valence-corrected chi connectivity index (χ3v) is 5.47. The van der Waals surface area contributed by atoms with Crippen LogP contribution in [-0.2, 0) is 11.3 Å². The summed E-state index contributed by atoms with van der Waals surface area (Å²) in [6.45, 7) is 4.49. The number of fused-ring (bicyclic) bond motifs is 2. The number of thiophene rings is 1. The van der Waals surface area contributed by atoms with Gasteiger partial charge in [-0.1, -0.05) is 18.2 Å². The number of hydrogen-bond donors (Lipinski definition) is 0. The van der Waals surface area contributed by atoms with Crippen LogP contribution in [0, 0.1) is 0 Å². The molecule has 3 aromatic rings. The molecule has 3 heterocycles. The lowest BCUT2D eigenvalue weighted by molar-refractivity contribution is 0.0548. The Bertz CT molecular complexity index is 837. The summed E-state index contributed by atoms with van der Waals surface area (Å²) in [6, 6.07) is 10.2.